The predicted molar refractivity (Wildman–Crippen MR) is 135 cm³/mol. The molecule has 8 nitrogen and oxygen atoms in total. The van der Waals surface area contributed by atoms with Crippen molar-refractivity contribution in [1.29, 1.82) is 0 Å². The third-order valence-corrected chi connectivity index (χ3v) is 9.14. The first-order valence-electron chi connectivity index (χ1n) is 11.1. The summed E-state index contributed by atoms with van der Waals surface area (Å²) in [6, 6.07) is 18.1. The molecule has 1 heterocycles. The molecule has 1 aliphatic rings. The number of hydrogen-bond donors (Lipinski definition) is 2. The molecule has 2 N–H and O–H groups in total. The molecule has 0 aliphatic carbocycles. The van der Waals surface area contributed by atoms with E-state index in [2.05, 4.69) is 10.0 Å². The van der Waals surface area contributed by atoms with Gasteiger partial charge in [-0.05, 0) is 68.3 Å². The van der Waals surface area contributed by atoms with Crippen molar-refractivity contribution in [2.24, 2.45) is 0 Å². The summed E-state index contributed by atoms with van der Waals surface area (Å²) in [7, 11) is -7.35. The van der Waals surface area contributed by atoms with Crippen LogP contribution in [0, 0.1) is 13.8 Å². The van der Waals surface area contributed by atoms with E-state index in [4.69, 9.17) is 0 Å². The van der Waals surface area contributed by atoms with E-state index in [0.29, 0.717) is 24.2 Å². The average molecular weight is 514 g/mol. The fourth-order valence-corrected chi connectivity index (χ4v) is 6.40. The van der Waals surface area contributed by atoms with Crippen LogP contribution in [0.3, 0.4) is 0 Å². The normalized spacial score (nSPS) is 13.5. The third-order valence-electron chi connectivity index (χ3n) is 5.84. The van der Waals surface area contributed by atoms with Crippen molar-refractivity contribution in [1.82, 2.24) is 10.0 Å². The number of benzene rings is 3. The van der Waals surface area contributed by atoms with E-state index in [0.717, 1.165) is 16.7 Å². The van der Waals surface area contributed by atoms with Crippen LogP contribution < -0.4 is 14.3 Å². The highest BCUT2D eigenvalue weighted by atomic mass is 32.2. The summed E-state index contributed by atoms with van der Waals surface area (Å²) < 4.78 is 54.7. The van der Waals surface area contributed by atoms with Crippen LogP contribution >= 0.6 is 0 Å². The lowest BCUT2D eigenvalue weighted by Gasteiger charge is -2.20. The number of nitrogens with one attached hydrogen (secondary N) is 2. The van der Waals surface area contributed by atoms with Crippen molar-refractivity contribution in [3.63, 3.8) is 0 Å². The Hall–Kier alpha value is -3.21. The van der Waals surface area contributed by atoms with Crippen LogP contribution in [-0.4, -0.2) is 42.4 Å². The van der Waals surface area contributed by atoms with E-state index in [9.17, 15) is 21.6 Å². The maximum absolute atomic E-state index is 13.1. The average Bonchev–Trinajstić information content (AvgIpc) is 3.26. The minimum Gasteiger partial charge on any atom is -0.351 e. The Balaban J connectivity index is 1.37. The van der Waals surface area contributed by atoms with Gasteiger partial charge >= 0.3 is 0 Å². The van der Waals surface area contributed by atoms with Gasteiger partial charge in [0.05, 0.1) is 15.5 Å². The fourth-order valence-electron chi connectivity index (χ4n) is 3.86. The highest BCUT2D eigenvalue weighted by molar-refractivity contribution is 7.92. The minimum atomic E-state index is -3.69. The molecule has 35 heavy (non-hydrogen) atoms. The molecule has 0 radical (unpaired) electrons. The van der Waals surface area contributed by atoms with Gasteiger partial charge in [-0.2, -0.15) is 0 Å². The second-order valence-corrected chi connectivity index (χ2v) is 12.1. The molecule has 0 atom stereocenters. The van der Waals surface area contributed by atoms with Crippen LogP contribution in [0.4, 0.5) is 5.69 Å². The molecule has 0 aromatic heterocycles. The molecule has 0 saturated carbocycles. The second-order valence-electron chi connectivity index (χ2n) is 8.45. The zero-order valence-electron chi connectivity index (χ0n) is 19.5. The van der Waals surface area contributed by atoms with Gasteiger partial charge in [0, 0.05) is 25.2 Å². The Kier molecular flexibility index (Phi) is 6.98. The molecular weight excluding hydrogens is 486 g/mol. The van der Waals surface area contributed by atoms with Gasteiger partial charge in [0.25, 0.3) is 15.9 Å². The molecule has 3 aromatic rings. The molecule has 0 fully saturated rings. The van der Waals surface area contributed by atoms with Gasteiger partial charge in [0.15, 0.2) is 0 Å². The van der Waals surface area contributed by atoms with E-state index in [1.165, 1.54) is 16.4 Å². The van der Waals surface area contributed by atoms with Gasteiger partial charge in [-0.15, -0.1) is 0 Å². The maximum Gasteiger partial charge on any atom is 0.264 e. The summed E-state index contributed by atoms with van der Waals surface area (Å²) in [6.45, 7) is 4.22. The Morgan fingerprint density at radius 1 is 0.829 bits per heavy atom. The van der Waals surface area contributed by atoms with Crippen molar-refractivity contribution in [2.75, 3.05) is 23.9 Å². The van der Waals surface area contributed by atoms with E-state index in [1.807, 2.05) is 13.8 Å². The van der Waals surface area contributed by atoms with Crippen molar-refractivity contribution in [3.05, 3.63) is 89.0 Å². The van der Waals surface area contributed by atoms with Crippen molar-refractivity contribution in [3.8, 4) is 0 Å². The largest absolute Gasteiger partial charge is 0.351 e. The van der Waals surface area contributed by atoms with Gasteiger partial charge in [0.2, 0.25) is 10.0 Å². The molecule has 184 valence electrons. The fraction of sp³-hybridized carbons (Fsp3) is 0.240. The number of anilines is 1. The molecule has 0 bridgehead atoms. The molecule has 1 amide bonds. The van der Waals surface area contributed by atoms with Gasteiger partial charge in [-0.25, -0.2) is 21.6 Å². The summed E-state index contributed by atoms with van der Waals surface area (Å²) in [5, 5.41) is 2.70. The van der Waals surface area contributed by atoms with Gasteiger partial charge in [0.1, 0.15) is 0 Å². The Labute approximate surface area is 206 Å². The first-order valence-corrected chi connectivity index (χ1v) is 14.1. The van der Waals surface area contributed by atoms with Crippen LogP contribution in [0.5, 0.6) is 0 Å². The highest BCUT2D eigenvalue weighted by Gasteiger charge is 2.31. The van der Waals surface area contributed by atoms with Gasteiger partial charge in [-0.1, -0.05) is 35.4 Å². The molecule has 0 unspecified atom stereocenters. The Morgan fingerprint density at radius 3 is 2.06 bits per heavy atom. The van der Waals surface area contributed by atoms with Crippen LogP contribution in [0.25, 0.3) is 0 Å². The standard InChI is InChI=1S/C25H27N3O5S2/c1-18-3-8-22(9-4-18)34(30,31)27-15-14-26-25(29)21-7-12-24-20(17-21)13-16-28(24)35(32,33)23-10-5-19(2)6-11-23/h3-12,17,27H,13-16H2,1-2H3,(H,26,29). The van der Waals surface area contributed by atoms with E-state index in [-0.39, 0.29) is 28.8 Å². The number of fused-ring (bicyclic) bond motifs is 1. The number of sulfonamides is 2. The molecular formula is C25H27N3O5S2. The molecule has 1 aliphatic heterocycles. The highest BCUT2D eigenvalue weighted by Crippen LogP contribution is 2.33. The smallest absolute Gasteiger partial charge is 0.264 e. The predicted octanol–water partition coefficient (Wildman–Crippen LogP) is 2.76. The number of hydrogen-bond acceptors (Lipinski definition) is 5. The quantitative estimate of drug-likeness (QED) is 0.450. The minimum absolute atomic E-state index is 0.0372. The lowest BCUT2D eigenvalue weighted by Crippen LogP contribution is -2.34. The third kappa shape index (κ3) is 5.39. The molecule has 3 aromatic carbocycles. The maximum atomic E-state index is 13.1. The summed E-state index contributed by atoms with van der Waals surface area (Å²) in [5.41, 5.74) is 3.66. The first kappa shape index (κ1) is 24.9. The molecule has 0 spiro atoms. The van der Waals surface area contributed by atoms with Crippen molar-refractivity contribution >= 4 is 31.6 Å². The van der Waals surface area contributed by atoms with E-state index < -0.39 is 20.0 Å². The van der Waals surface area contributed by atoms with E-state index in [1.54, 1.807) is 54.6 Å². The SMILES string of the molecule is Cc1ccc(S(=O)(=O)NCCNC(=O)c2ccc3c(c2)CCN3S(=O)(=O)c2ccc(C)cc2)cc1. The van der Waals surface area contributed by atoms with Crippen LogP contribution in [-0.2, 0) is 26.5 Å². The summed E-state index contributed by atoms with van der Waals surface area (Å²) in [5.74, 6) is -0.359. The molecule has 4 rings (SSSR count). The summed E-state index contributed by atoms with van der Waals surface area (Å²) in [6.07, 6.45) is 0.498. The molecule has 0 saturated heterocycles. The topological polar surface area (TPSA) is 113 Å². The van der Waals surface area contributed by atoms with Crippen LogP contribution in [0.1, 0.15) is 27.0 Å². The zero-order valence-corrected chi connectivity index (χ0v) is 21.1. The summed E-state index contributed by atoms with van der Waals surface area (Å²) >= 11 is 0. The number of nitrogens with zero attached hydrogens (tertiary/aromatic N) is 1. The number of amides is 1. The zero-order chi connectivity index (χ0) is 25.2. The summed E-state index contributed by atoms with van der Waals surface area (Å²) in [4.78, 5) is 13.0. The van der Waals surface area contributed by atoms with Crippen LogP contribution in [0.2, 0.25) is 0 Å². The number of carbonyl (C=O) groups excluding carboxylic acids is 1. The van der Waals surface area contributed by atoms with Crippen molar-refractivity contribution < 1.29 is 21.6 Å². The lowest BCUT2D eigenvalue weighted by atomic mass is 10.1. The van der Waals surface area contributed by atoms with E-state index >= 15 is 0 Å². The van der Waals surface area contributed by atoms with Gasteiger partial charge < -0.3 is 5.32 Å². The Morgan fingerprint density at radius 2 is 1.43 bits per heavy atom. The second kappa shape index (κ2) is 9.80. The Bertz CT molecular complexity index is 1450. The number of carbonyl (C=O) groups is 1. The monoisotopic (exact) mass is 513 g/mol. The van der Waals surface area contributed by atoms with Crippen molar-refractivity contribution in [2.45, 2.75) is 30.1 Å². The number of aryl methyl sites for hydroxylation is 2. The van der Waals surface area contributed by atoms with Crippen LogP contribution in [0.15, 0.2) is 76.5 Å². The van der Waals surface area contributed by atoms with Gasteiger partial charge in [-0.3, -0.25) is 9.10 Å². The lowest BCUT2D eigenvalue weighted by molar-refractivity contribution is 0.0954. The number of rotatable bonds is 8. The molecule has 10 heteroatoms. The first-order chi connectivity index (χ1) is 16.6.